The van der Waals surface area contributed by atoms with Gasteiger partial charge in [-0.25, -0.2) is 0 Å². The molecule has 2 rings (SSSR count). The highest BCUT2D eigenvalue weighted by Crippen LogP contribution is 2.28. The van der Waals surface area contributed by atoms with Crippen molar-refractivity contribution in [3.63, 3.8) is 0 Å². The van der Waals surface area contributed by atoms with E-state index in [2.05, 4.69) is 13.0 Å². The van der Waals surface area contributed by atoms with Crippen molar-refractivity contribution in [1.29, 1.82) is 0 Å². The molecule has 18 heavy (non-hydrogen) atoms. The summed E-state index contributed by atoms with van der Waals surface area (Å²) in [6.45, 7) is 2.00. The van der Waals surface area contributed by atoms with Gasteiger partial charge in [0.1, 0.15) is 11.5 Å². The Kier molecular flexibility index (Phi) is 4.24. The van der Waals surface area contributed by atoms with Crippen molar-refractivity contribution in [1.82, 2.24) is 0 Å². The third-order valence-electron chi connectivity index (χ3n) is 2.73. The molecule has 94 valence electrons. The summed E-state index contributed by atoms with van der Waals surface area (Å²) in [7, 11) is 0. The maximum absolute atomic E-state index is 9.28. The zero-order chi connectivity index (χ0) is 13.0. The molecular formula is C15H15ClO2. The zero-order valence-electron chi connectivity index (χ0n) is 10.2. The first-order valence-electron chi connectivity index (χ1n) is 5.89. The Hall–Kier alpha value is -1.51. The second kappa shape index (κ2) is 5.89. The number of aliphatic hydroxyl groups excluding tert-OH is 1. The summed E-state index contributed by atoms with van der Waals surface area (Å²) in [5, 5.41) is 9.87. The number of halogens is 1. The standard InChI is InChI=1S/C15H15ClO2/c1-2-11-4-3-5-14(8-11)18-15-7-6-13(16)9-12(15)10-17/h3-9,17H,2,10H2,1H3. The van der Waals surface area contributed by atoms with Gasteiger partial charge in [0.05, 0.1) is 6.61 Å². The normalized spacial score (nSPS) is 10.4. The lowest BCUT2D eigenvalue weighted by Crippen LogP contribution is -1.92. The molecule has 0 aromatic heterocycles. The number of aryl methyl sites for hydroxylation is 1. The van der Waals surface area contributed by atoms with Crippen molar-refractivity contribution in [3.8, 4) is 11.5 Å². The minimum Gasteiger partial charge on any atom is -0.457 e. The van der Waals surface area contributed by atoms with Crippen LogP contribution in [-0.4, -0.2) is 5.11 Å². The van der Waals surface area contributed by atoms with E-state index < -0.39 is 0 Å². The molecule has 0 aliphatic carbocycles. The second-order valence-corrected chi connectivity index (χ2v) is 4.45. The number of hydrogen-bond acceptors (Lipinski definition) is 2. The summed E-state index contributed by atoms with van der Waals surface area (Å²) >= 11 is 5.88. The fourth-order valence-corrected chi connectivity index (χ4v) is 1.92. The van der Waals surface area contributed by atoms with E-state index in [0.717, 1.165) is 12.2 Å². The Morgan fingerprint density at radius 1 is 1.17 bits per heavy atom. The van der Waals surface area contributed by atoms with Crippen LogP contribution in [-0.2, 0) is 13.0 Å². The van der Waals surface area contributed by atoms with E-state index in [1.165, 1.54) is 5.56 Å². The molecular weight excluding hydrogens is 248 g/mol. The molecule has 3 heteroatoms. The summed E-state index contributed by atoms with van der Waals surface area (Å²) in [6, 6.07) is 13.1. The molecule has 0 fully saturated rings. The van der Waals surface area contributed by atoms with E-state index in [-0.39, 0.29) is 6.61 Å². The largest absolute Gasteiger partial charge is 0.457 e. The van der Waals surface area contributed by atoms with Crippen LogP contribution >= 0.6 is 11.6 Å². The van der Waals surface area contributed by atoms with Gasteiger partial charge in [-0.15, -0.1) is 0 Å². The summed E-state index contributed by atoms with van der Waals surface area (Å²) in [4.78, 5) is 0. The van der Waals surface area contributed by atoms with Crippen LogP contribution in [0.5, 0.6) is 11.5 Å². The minimum absolute atomic E-state index is 0.0939. The van der Waals surface area contributed by atoms with Crippen molar-refractivity contribution >= 4 is 11.6 Å². The molecule has 0 aliphatic heterocycles. The minimum atomic E-state index is -0.0939. The molecule has 2 aromatic carbocycles. The third kappa shape index (κ3) is 3.03. The molecule has 1 N–H and O–H groups in total. The Balaban J connectivity index is 2.27. The van der Waals surface area contributed by atoms with Crippen molar-refractivity contribution < 1.29 is 9.84 Å². The Morgan fingerprint density at radius 3 is 2.72 bits per heavy atom. The summed E-state index contributed by atoms with van der Waals surface area (Å²) < 4.78 is 5.78. The quantitative estimate of drug-likeness (QED) is 0.895. The van der Waals surface area contributed by atoms with E-state index in [0.29, 0.717) is 16.3 Å². The second-order valence-electron chi connectivity index (χ2n) is 4.01. The van der Waals surface area contributed by atoms with Crippen LogP contribution in [0.2, 0.25) is 5.02 Å². The van der Waals surface area contributed by atoms with Crippen molar-refractivity contribution in [2.45, 2.75) is 20.0 Å². The van der Waals surface area contributed by atoms with E-state index >= 15 is 0 Å². The predicted octanol–water partition coefficient (Wildman–Crippen LogP) is 4.19. The summed E-state index contributed by atoms with van der Waals surface area (Å²) in [5.74, 6) is 1.40. The van der Waals surface area contributed by atoms with E-state index in [4.69, 9.17) is 16.3 Å². The summed E-state index contributed by atoms with van der Waals surface area (Å²) in [5.41, 5.74) is 1.90. The van der Waals surface area contributed by atoms with Gasteiger partial charge in [0.25, 0.3) is 0 Å². The van der Waals surface area contributed by atoms with Crippen molar-refractivity contribution in [2.75, 3.05) is 0 Å². The van der Waals surface area contributed by atoms with E-state index in [9.17, 15) is 5.11 Å². The smallest absolute Gasteiger partial charge is 0.133 e. The lowest BCUT2D eigenvalue weighted by molar-refractivity contribution is 0.276. The molecule has 0 saturated heterocycles. The van der Waals surface area contributed by atoms with Gasteiger partial charge in [0.15, 0.2) is 0 Å². The van der Waals surface area contributed by atoms with Crippen LogP contribution in [0.1, 0.15) is 18.1 Å². The van der Waals surface area contributed by atoms with Crippen molar-refractivity contribution in [2.24, 2.45) is 0 Å². The van der Waals surface area contributed by atoms with Gasteiger partial charge >= 0.3 is 0 Å². The third-order valence-corrected chi connectivity index (χ3v) is 2.96. The molecule has 0 atom stereocenters. The first-order valence-corrected chi connectivity index (χ1v) is 6.27. The lowest BCUT2D eigenvalue weighted by atomic mass is 10.1. The molecule has 2 nitrogen and oxygen atoms in total. The molecule has 0 aliphatic rings. The number of benzene rings is 2. The molecule has 2 aromatic rings. The van der Waals surface area contributed by atoms with E-state index in [1.807, 2.05) is 18.2 Å². The van der Waals surface area contributed by atoms with Crippen LogP contribution in [0, 0.1) is 0 Å². The maximum atomic E-state index is 9.28. The summed E-state index contributed by atoms with van der Waals surface area (Å²) in [6.07, 6.45) is 0.963. The highest BCUT2D eigenvalue weighted by Gasteiger charge is 2.05. The molecule has 0 saturated carbocycles. The monoisotopic (exact) mass is 262 g/mol. The van der Waals surface area contributed by atoms with Gasteiger partial charge in [-0.1, -0.05) is 30.7 Å². The molecule has 0 heterocycles. The van der Waals surface area contributed by atoms with Gasteiger partial charge in [0.2, 0.25) is 0 Å². The van der Waals surface area contributed by atoms with Crippen LogP contribution in [0.15, 0.2) is 42.5 Å². The van der Waals surface area contributed by atoms with Gasteiger partial charge < -0.3 is 9.84 Å². The first kappa shape index (κ1) is 12.9. The van der Waals surface area contributed by atoms with Gasteiger partial charge in [-0.2, -0.15) is 0 Å². The van der Waals surface area contributed by atoms with Crippen LogP contribution in [0.3, 0.4) is 0 Å². The highest BCUT2D eigenvalue weighted by molar-refractivity contribution is 6.30. The Bertz CT molecular complexity index is 538. The fraction of sp³-hybridized carbons (Fsp3) is 0.200. The van der Waals surface area contributed by atoms with Crippen LogP contribution in [0.25, 0.3) is 0 Å². The lowest BCUT2D eigenvalue weighted by Gasteiger charge is -2.10. The predicted molar refractivity (Wildman–Crippen MR) is 73.3 cm³/mol. The topological polar surface area (TPSA) is 29.5 Å². The van der Waals surface area contributed by atoms with Crippen LogP contribution < -0.4 is 4.74 Å². The van der Waals surface area contributed by atoms with Gasteiger partial charge in [0, 0.05) is 10.6 Å². The Labute approximate surface area is 112 Å². The molecule has 0 unspecified atom stereocenters. The SMILES string of the molecule is CCc1cccc(Oc2ccc(Cl)cc2CO)c1. The number of rotatable bonds is 4. The number of ether oxygens (including phenoxy) is 1. The van der Waals surface area contributed by atoms with E-state index in [1.54, 1.807) is 18.2 Å². The molecule has 0 radical (unpaired) electrons. The van der Waals surface area contributed by atoms with Gasteiger partial charge in [-0.05, 0) is 42.3 Å². The maximum Gasteiger partial charge on any atom is 0.133 e. The average molecular weight is 263 g/mol. The highest BCUT2D eigenvalue weighted by atomic mass is 35.5. The Morgan fingerprint density at radius 2 is 2.00 bits per heavy atom. The average Bonchev–Trinajstić information content (AvgIpc) is 2.41. The van der Waals surface area contributed by atoms with Gasteiger partial charge in [-0.3, -0.25) is 0 Å². The number of hydrogen-bond donors (Lipinski definition) is 1. The van der Waals surface area contributed by atoms with Crippen LogP contribution in [0.4, 0.5) is 0 Å². The van der Waals surface area contributed by atoms with Crippen molar-refractivity contribution in [3.05, 3.63) is 58.6 Å². The molecule has 0 spiro atoms. The first-order chi connectivity index (χ1) is 8.72. The molecule has 0 amide bonds. The zero-order valence-corrected chi connectivity index (χ0v) is 10.9. The number of aliphatic hydroxyl groups is 1. The molecule has 0 bridgehead atoms. The fourth-order valence-electron chi connectivity index (χ4n) is 1.73.